The number of ether oxygens (including phenoxy) is 1. The van der Waals surface area contributed by atoms with Gasteiger partial charge in [0.1, 0.15) is 5.92 Å². The van der Waals surface area contributed by atoms with Crippen molar-refractivity contribution in [3.8, 4) is 0 Å². The van der Waals surface area contributed by atoms with Gasteiger partial charge < -0.3 is 10.1 Å². The average molecular weight is 389 g/mol. The average Bonchev–Trinajstić information content (AvgIpc) is 2.30. The number of rotatable bonds is 4. The monoisotopic (exact) mass is 389 g/mol. The Labute approximate surface area is 133 Å². The molecule has 1 amide bonds. The zero-order valence-electron chi connectivity index (χ0n) is 12.2. The van der Waals surface area contributed by atoms with Crippen LogP contribution in [0.4, 0.5) is 5.69 Å². The van der Waals surface area contributed by atoms with E-state index in [1.165, 1.54) is 0 Å². The van der Waals surface area contributed by atoms with Gasteiger partial charge in [0, 0.05) is 3.57 Å². The highest BCUT2D eigenvalue weighted by molar-refractivity contribution is 14.1. The van der Waals surface area contributed by atoms with Crippen molar-refractivity contribution in [2.24, 2.45) is 11.3 Å². The van der Waals surface area contributed by atoms with Gasteiger partial charge in [-0.3, -0.25) is 9.59 Å². The van der Waals surface area contributed by atoms with Gasteiger partial charge >= 0.3 is 5.97 Å². The number of para-hydroxylation sites is 1. The summed E-state index contributed by atoms with van der Waals surface area (Å²) in [4.78, 5) is 24.4. The second-order valence-corrected chi connectivity index (χ2v) is 6.68. The van der Waals surface area contributed by atoms with E-state index in [9.17, 15) is 9.59 Å². The Morgan fingerprint density at radius 3 is 2.40 bits per heavy atom. The Morgan fingerprint density at radius 2 is 1.90 bits per heavy atom. The number of hydrogen-bond donors (Lipinski definition) is 1. The lowest BCUT2D eigenvalue weighted by Gasteiger charge is -2.27. The zero-order chi connectivity index (χ0) is 15.3. The number of benzene rings is 1. The summed E-state index contributed by atoms with van der Waals surface area (Å²) in [5.74, 6) is -1.65. The summed E-state index contributed by atoms with van der Waals surface area (Å²) in [5, 5.41) is 2.81. The second-order valence-electron chi connectivity index (χ2n) is 5.52. The SMILES string of the molecule is CCOC(=O)C(C(=O)Nc1ccccc1I)C(C)(C)C. The highest BCUT2D eigenvalue weighted by Gasteiger charge is 2.39. The quantitative estimate of drug-likeness (QED) is 0.488. The van der Waals surface area contributed by atoms with Crippen molar-refractivity contribution in [3.63, 3.8) is 0 Å². The zero-order valence-corrected chi connectivity index (χ0v) is 14.4. The van der Waals surface area contributed by atoms with Crippen LogP contribution in [-0.2, 0) is 14.3 Å². The molecule has 0 spiro atoms. The van der Waals surface area contributed by atoms with Gasteiger partial charge in [-0.2, -0.15) is 0 Å². The smallest absolute Gasteiger partial charge is 0.319 e. The Bertz CT molecular complexity index is 494. The van der Waals surface area contributed by atoms with Gasteiger partial charge in [0.05, 0.1) is 12.3 Å². The summed E-state index contributed by atoms with van der Waals surface area (Å²) in [6, 6.07) is 7.44. The van der Waals surface area contributed by atoms with E-state index in [0.717, 1.165) is 3.57 Å². The maximum atomic E-state index is 12.4. The number of anilines is 1. The van der Waals surface area contributed by atoms with Crippen molar-refractivity contribution < 1.29 is 14.3 Å². The molecule has 1 aromatic rings. The summed E-state index contributed by atoms with van der Waals surface area (Å²) in [6.07, 6.45) is 0. The molecule has 5 heteroatoms. The van der Waals surface area contributed by atoms with Gasteiger partial charge in [-0.15, -0.1) is 0 Å². The second kappa shape index (κ2) is 7.06. The van der Waals surface area contributed by atoms with Crippen molar-refractivity contribution in [1.29, 1.82) is 0 Å². The molecule has 0 saturated heterocycles. The predicted octanol–water partition coefficient (Wildman–Crippen LogP) is 3.46. The number of carbonyl (C=O) groups excluding carboxylic acids is 2. The third-order valence-corrected chi connectivity index (χ3v) is 3.72. The lowest BCUT2D eigenvalue weighted by atomic mass is 9.80. The van der Waals surface area contributed by atoms with Gasteiger partial charge in [0.25, 0.3) is 0 Å². The van der Waals surface area contributed by atoms with Crippen LogP contribution in [-0.4, -0.2) is 18.5 Å². The summed E-state index contributed by atoms with van der Waals surface area (Å²) >= 11 is 2.14. The van der Waals surface area contributed by atoms with Crippen molar-refractivity contribution in [2.75, 3.05) is 11.9 Å². The van der Waals surface area contributed by atoms with E-state index in [4.69, 9.17) is 4.74 Å². The van der Waals surface area contributed by atoms with Gasteiger partial charge in [-0.25, -0.2) is 0 Å². The number of amides is 1. The number of esters is 1. The fourth-order valence-corrected chi connectivity index (χ4v) is 2.37. The summed E-state index contributed by atoms with van der Waals surface area (Å²) in [5.41, 5.74) is 0.202. The Hall–Kier alpha value is -1.11. The molecule has 20 heavy (non-hydrogen) atoms. The lowest BCUT2D eigenvalue weighted by molar-refractivity contribution is -0.155. The third-order valence-electron chi connectivity index (χ3n) is 2.78. The van der Waals surface area contributed by atoms with Crippen molar-refractivity contribution in [2.45, 2.75) is 27.7 Å². The van der Waals surface area contributed by atoms with Crippen LogP contribution in [0.3, 0.4) is 0 Å². The molecule has 0 bridgehead atoms. The first-order chi connectivity index (χ1) is 9.27. The number of nitrogens with one attached hydrogen (secondary N) is 1. The Morgan fingerprint density at radius 1 is 1.30 bits per heavy atom. The number of hydrogen-bond acceptors (Lipinski definition) is 3. The first-order valence-electron chi connectivity index (χ1n) is 6.49. The number of halogens is 1. The van der Waals surface area contributed by atoms with Crippen LogP contribution in [0.1, 0.15) is 27.7 Å². The third kappa shape index (κ3) is 4.47. The molecule has 0 saturated carbocycles. The predicted molar refractivity (Wildman–Crippen MR) is 87.4 cm³/mol. The minimum atomic E-state index is -0.835. The molecule has 0 aliphatic rings. The van der Waals surface area contributed by atoms with Crippen LogP contribution >= 0.6 is 22.6 Å². The first-order valence-corrected chi connectivity index (χ1v) is 7.57. The Balaban J connectivity index is 2.95. The molecule has 1 unspecified atom stereocenters. The highest BCUT2D eigenvalue weighted by atomic mass is 127. The lowest BCUT2D eigenvalue weighted by Crippen LogP contribution is -2.40. The van der Waals surface area contributed by atoms with E-state index in [0.29, 0.717) is 5.69 Å². The maximum absolute atomic E-state index is 12.4. The first kappa shape index (κ1) is 16.9. The molecular weight excluding hydrogens is 369 g/mol. The van der Waals surface area contributed by atoms with Crippen molar-refractivity contribution in [3.05, 3.63) is 27.8 Å². The van der Waals surface area contributed by atoms with Crippen molar-refractivity contribution in [1.82, 2.24) is 0 Å². The topological polar surface area (TPSA) is 55.4 Å². The van der Waals surface area contributed by atoms with Crippen LogP contribution in [0.5, 0.6) is 0 Å². The van der Waals surface area contributed by atoms with E-state index in [-0.39, 0.29) is 12.5 Å². The summed E-state index contributed by atoms with van der Waals surface area (Å²) in [7, 11) is 0. The fraction of sp³-hybridized carbons (Fsp3) is 0.467. The molecule has 0 radical (unpaired) electrons. The van der Waals surface area contributed by atoms with E-state index in [2.05, 4.69) is 27.9 Å². The van der Waals surface area contributed by atoms with Gasteiger partial charge in [-0.1, -0.05) is 32.9 Å². The molecule has 0 heterocycles. The molecule has 1 N–H and O–H groups in total. The van der Waals surface area contributed by atoms with Gasteiger partial charge in [0.15, 0.2) is 0 Å². The normalized spacial score (nSPS) is 12.7. The van der Waals surface area contributed by atoms with Crippen LogP contribution in [0.15, 0.2) is 24.3 Å². The molecule has 4 nitrogen and oxygen atoms in total. The number of carbonyl (C=O) groups is 2. The van der Waals surface area contributed by atoms with Crippen LogP contribution in [0, 0.1) is 14.9 Å². The minimum Gasteiger partial charge on any atom is -0.465 e. The van der Waals surface area contributed by atoms with Crippen molar-refractivity contribution >= 4 is 40.2 Å². The Kier molecular flexibility index (Phi) is 5.98. The highest BCUT2D eigenvalue weighted by Crippen LogP contribution is 2.29. The van der Waals surface area contributed by atoms with E-state index in [1.807, 2.05) is 45.0 Å². The molecule has 1 atom stereocenters. The van der Waals surface area contributed by atoms with Crippen LogP contribution < -0.4 is 5.32 Å². The van der Waals surface area contributed by atoms with Gasteiger partial charge in [0.2, 0.25) is 5.91 Å². The van der Waals surface area contributed by atoms with E-state index >= 15 is 0 Å². The molecular formula is C15H20INO3. The molecule has 0 aliphatic carbocycles. The van der Waals surface area contributed by atoms with E-state index in [1.54, 1.807) is 6.92 Å². The minimum absolute atomic E-state index is 0.265. The molecule has 0 aliphatic heterocycles. The molecule has 110 valence electrons. The summed E-state index contributed by atoms with van der Waals surface area (Å²) < 4.78 is 5.94. The fourth-order valence-electron chi connectivity index (χ4n) is 1.85. The molecule has 1 aromatic carbocycles. The maximum Gasteiger partial charge on any atom is 0.319 e. The largest absolute Gasteiger partial charge is 0.465 e. The van der Waals surface area contributed by atoms with Crippen LogP contribution in [0.25, 0.3) is 0 Å². The van der Waals surface area contributed by atoms with Gasteiger partial charge in [-0.05, 0) is 47.1 Å². The van der Waals surface area contributed by atoms with Crippen LogP contribution in [0.2, 0.25) is 0 Å². The van der Waals surface area contributed by atoms with E-state index < -0.39 is 17.3 Å². The molecule has 0 fully saturated rings. The standard InChI is InChI=1S/C15H20INO3/c1-5-20-14(19)12(15(2,3)4)13(18)17-11-9-7-6-8-10(11)16/h6-9,12H,5H2,1-4H3,(H,17,18). The summed E-state index contributed by atoms with van der Waals surface area (Å²) in [6.45, 7) is 7.55. The molecule has 1 rings (SSSR count). The molecule has 0 aromatic heterocycles.